The molecule has 0 aliphatic heterocycles. The molecule has 0 aromatic heterocycles. The van der Waals surface area contributed by atoms with E-state index in [2.05, 4.69) is 39.8 Å². The zero-order valence-electron chi connectivity index (χ0n) is 10.7. The van der Waals surface area contributed by atoms with Gasteiger partial charge in [-0.25, -0.2) is 0 Å². The molecule has 1 aliphatic rings. The van der Waals surface area contributed by atoms with Crippen LogP contribution in [0.1, 0.15) is 47.5 Å². The minimum atomic E-state index is 0.329. The number of nitriles is 1. The first-order chi connectivity index (χ1) is 6.89. The summed E-state index contributed by atoms with van der Waals surface area (Å²) in [6.45, 7) is 11.3. The van der Waals surface area contributed by atoms with Crippen molar-refractivity contribution in [2.24, 2.45) is 23.2 Å². The van der Waals surface area contributed by atoms with E-state index in [4.69, 9.17) is 5.26 Å². The summed E-state index contributed by atoms with van der Waals surface area (Å²) >= 11 is 0. The molecule has 0 spiro atoms. The average Bonchev–Trinajstić information content (AvgIpc) is 2.19. The SMILES string of the molecule is CC(C#N)=CC1C(C)CCC(C)C1(C)C. The van der Waals surface area contributed by atoms with Crippen molar-refractivity contribution in [3.8, 4) is 6.07 Å². The van der Waals surface area contributed by atoms with Crippen molar-refractivity contribution in [2.75, 3.05) is 0 Å². The van der Waals surface area contributed by atoms with Crippen LogP contribution >= 0.6 is 0 Å². The monoisotopic (exact) mass is 205 g/mol. The highest BCUT2D eigenvalue weighted by atomic mass is 14.4. The number of allylic oxidation sites excluding steroid dienone is 2. The third kappa shape index (κ3) is 2.43. The minimum absolute atomic E-state index is 0.329. The predicted octanol–water partition coefficient (Wildman–Crippen LogP) is 4.16. The van der Waals surface area contributed by atoms with Crippen LogP contribution in [0, 0.1) is 34.5 Å². The summed E-state index contributed by atoms with van der Waals surface area (Å²) in [4.78, 5) is 0. The lowest BCUT2D eigenvalue weighted by atomic mass is 9.59. The molecule has 0 saturated heterocycles. The molecular weight excluding hydrogens is 182 g/mol. The van der Waals surface area contributed by atoms with E-state index in [0.29, 0.717) is 17.3 Å². The van der Waals surface area contributed by atoms with Gasteiger partial charge in [-0.2, -0.15) is 5.26 Å². The molecule has 0 amide bonds. The van der Waals surface area contributed by atoms with Crippen molar-refractivity contribution in [1.82, 2.24) is 0 Å². The lowest BCUT2D eigenvalue weighted by Crippen LogP contribution is -2.38. The van der Waals surface area contributed by atoms with Gasteiger partial charge in [-0.3, -0.25) is 0 Å². The topological polar surface area (TPSA) is 23.8 Å². The lowest BCUT2D eigenvalue weighted by molar-refractivity contribution is 0.0589. The van der Waals surface area contributed by atoms with Gasteiger partial charge in [0, 0.05) is 5.57 Å². The van der Waals surface area contributed by atoms with Gasteiger partial charge < -0.3 is 0 Å². The number of hydrogen-bond donors (Lipinski definition) is 0. The molecule has 1 saturated carbocycles. The van der Waals surface area contributed by atoms with Gasteiger partial charge in [0.1, 0.15) is 0 Å². The van der Waals surface area contributed by atoms with Crippen molar-refractivity contribution in [2.45, 2.75) is 47.5 Å². The Morgan fingerprint density at radius 2 is 1.93 bits per heavy atom. The smallest absolute Gasteiger partial charge is 0.0940 e. The maximum atomic E-state index is 8.87. The third-order valence-electron chi connectivity index (χ3n) is 4.40. The Morgan fingerprint density at radius 1 is 1.33 bits per heavy atom. The number of hydrogen-bond acceptors (Lipinski definition) is 1. The molecule has 1 heteroatoms. The Balaban J connectivity index is 2.97. The van der Waals surface area contributed by atoms with Crippen molar-refractivity contribution in [3.63, 3.8) is 0 Å². The van der Waals surface area contributed by atoms with Gasteiger partial charge in [0.15, 0.2) is 0 Å². The second-order valence-electron chi connectivity index (χ2n) is 5.76. The largest absolute Gasteiger partial charge is 0.193 e. The maximum Gasteiger partial charge on any atom is 0.0940 e. The summed E-state index contributed by atoms with van der Waals surface area (Å²) in [6, 6.07) is 2.25. The van der Waals surface area contributed by atoms with Gasteiger partial charge in [0.2, 0.25) is 0 Å². The molecular formula is C14H23N. The first kappa shape index (κ1) is 12.3. The summed E-state index contributed by atoms with van der Waals surface area (Å²) in [6.07, 6.45) is 4.81. The molecule has 1 aliphatic carbocycles. The van der Waals surface area contributed by atoms with E-state index in [1.165, 1.54) is 12.8 Å². The van der Waals surface area contributed by atoms with Crippen LogP contribution in [0.2, 0.25) is 0 Å². The fourth-order valence-electron chi connectivity index (χ4n) is 2.81. The Kier molecular flexibility index (Phi) is 3.60. The van der Waals surface area contributed by atoms with Crippen molar-refractivity contribution in [3.05, 3.63) is 11.6 Å². The third-order valence-corrected chi connectivity index (χ3v) is 4.40. The second-order valence-corrected chi connectivity index (χ2v) is 5.76. The van der Waals surface area contributed by atoms with Crippen LogP contribution in [0.15, 0.2) is 11.6 Å². The van der Waals surface area contributed by atoms with Gasteiger partial charge in [0.25, 0.3) is 0 Å². The van der Waals surface area contributed by atoms with E-state index in [1.807, 2.05) is 6.92 Å². The average molecular weight is 205 g/mol. The summed E-state index contributed by atoms with van der Waals surface area (Å²) < 4.78 is 0. The molecule has 1 fully saturated rings. The van der Waals surface area contributed by atoms with Gasteiger partial charge >= 0.3 is 0 Å². The summed E-state index contributed by atoms with van der Waals surface area (Å²) in [5.74, 6) is 2.02. The summed E-state index contributed by atoms with van der Waals surface area (Å²) in [5.41, 5.74) is 1.20. The lowest BCUT2D eigenvalue weighted by Gasteiger charge is -2.46. The first-order valence-electron chi connectivity index (χ1n) is 5.98. The van der Waals surface area contributed by atoms with Gasteiger partial charge in [-0.1, -0.05) is 33.8 Å². The van der Waals surface area contributed by atoms with Crippen LogP contribution in [0.25, 0.3) is 0 Å². The van der Waals surface area contributed by atoms with E-state index < -0.39 is 0 Å². The molecule has 1 rings (SSSR count). The molecule has 0 N–H and O–H groups in total. The van der Waals surface area contributed by atoms with Crippen LogP contribution in [0.4, 0.5) is 0 Å². The summed E-state index contributed by atoms with van der Waals surface area (Å²) in [7, 11) is 0. The van der Waals surface area contributed by atoms with Crippen molar-refractivity contribution in [1.29, 1.82) is 5.26 Å². The zero-order chi connectivity index (χ0) is 11.6. The number of nitrogens with zero attached hydrogens (tertiary/aromatic N) is 1. The molecule has 3 unspecified atom stereocenters. The van der Waals surface area contributed by atoms with E-state index in [9.17, 15) is 0 Å². The fourth-order valence-corrected chi connectivity index (χ4v) is 2.81. The Bertz CT molecular complexity index is 293. The Morgan fingerprint density at radius 3 is 2.47 bits per heavy atom. The molecule has 0 bridgehead atoms. The van der Waals surface area contributed by atoms with E-state index in [-0.39, 0.29) is 0 Å². The highest BCUT2D eigenvalue weighted by molar-refractivity contribution is 5.20. The molecule has 84 valence electrons. The second kappa shape index (κ2) is 4.39. The highest BCUT2D eigenvalue weighted by Crippen LogP contribution is 2.48. The van der Waals surface area contributed by atoms with E-state index in [0.717, 1.165) is 11.5 Å². The van der Waals surface area contributed by atoms with Crippen LogP contribution < -0.4 is 0 Å². The van der Waals surface area contributed by atoms with Crippen LogP contribution in [-0.4, -0.2) is 0 Å². The summed E-state index contributed by atoms with van der Waals surface area (Å²) in [5, 5.41) is 8.87. The quantitative estimate of drug-likeness (QED) is 0.589. The van der Waals surface area contributed by atoms with E-state index >= 15 is 0 Å². The first-order valence-corrected chi connectivity index (χ1v) is 5.98. The number of rotatable bonds is 1. The Hall–Kier alpha value is -0.770. The van der Waals surface area contributed by atoms with Crippen LogP contribution in [0.5, 0.6) is 0 Å². The maximum absolute atomic E-state index is 8.87. The molecule has 1 nitrogen and oxygen atoms in total. The fraction of sp³-hybridized carbons (Fsp3) is 0.786. The zero-order valence-corrected chi connectivity index (χ0v) is 10.7. The standard InChI is InChI=1S/C14H23N/c1-10(9-15)8-13-11(2)6-7-12(3)14(13,4)5/h8,11-13H,6-7H2,1-5H3. The Labute approximate surface area is 94.2 Å². The van der Waals surface area contributed by atoms with Crippen LogP contribution in [0.3, 0.4) is 0 Å². The van der Waals surface area contributed by atoms with Crippen LogP contribution in [-0.2, 0) is 0 Å². The van der Waals surface area contributed by atoms with Gasteiger partial charge in [0.05, 0.1) is 6.07 Å². The van der Waals surface area contributed by atoms with Crippen molar-refractivity contribution >= 4 is 0 Å². The molecule has 15 heavy (non-hydrogen) atoms. The predicted molar refractivity (Wildman–Crippen MR) is 64.2 cm³/mol. The molecule has 0 aromatic rings. The molecule has 0 aromatic carbocycles. The van der Waals surface area contributed by atoms with Crippen molar-refractivity contribution < 1.29 is 0 Å². The molecule has 0 heterocycles. The minimum Gasteiger partial charge on any atom is -0.193 e. The van der Waals surface area contributed by atoms with Gasteiger partial charge in [-0.05, 0) is 42.9 Å². The molecule has 3 atom stereocenters. The highest BCUT2D eigenvalue weighted by Gasteiger charge is 2.40. The van der Waals surface area contributed by atoms with Gasteiger partial charge in [-0.15, -0.1) is 0 Å². The normalized spacial score (nSPS) is 36.0. The van der Waals surface area contributed by atoms with E-state index in [1.54, 1.807) is 0 Å². The molecule has 0 radical (unpaired) electrons.